The number of benzene rings is 4. The predicted molar refractivity (Wildman–Crippen MR) is 153 cm³/mol. The first-order chi connectivity index (χ1) is 17.1. The molecule has 0 aliphatic heterocycles. The zero-order chi connectivity index (χ0) is 24.5. The molecule has 0 nitrogen and oxygen atoms in total. The third-order valence-corrected chi connectivity index (χ3v) is 7.72. The van der Waals surface area contributed by atoms with Crippen LogP contribution in [-0.2, 0) is 32.6 Å². The maximum atomic E-state index is 6.62. The van der Waals surface area contributed by atoms with E-state index < -0.39 is 0 Å². The Morgan fingerprint density at radius 2 is 1.50 bits per heavy atom. The predicted octanol–water partition coefficient (Wildman–Crippen LogP) is 3.76. The second-order valence-corrected chi connectivity index (χ2v) is 10.8. The van der Waals surface area contributed by atoms with Gasteiger partial charge >= 0.3 is 26.2 Å². The van der Waals surface area contributed by atoms with Crippen molar-refractivity contribution in [3.8, 4) is 22.3 Å². The van der Waals surface area contributed by atoms with Gasteiger partial charge in [-0.25, -0.2) is 0 Å². The van der Waals surface area contributed by atoms with Crippen LogP contribution in [0.2, 0.25) is 23.1 Å². The molecule has 2 aliphatic rings. The molecular weight excluding hydrogens is 645 g/mol. The van der Waals surface area contributed by atoms with E-state index >= 15 is 0 Å². The Kier molecular flexibility index (Phi) is 12.6. The molecule has 4 aromatic carbocycles. The van der Waals surface area contributed by atoms with Crippen molar-refractivity contribution in [2.75, 3.05) is 0 Å². The molecule has 6 rings (SSSR count). The third-order valence-electron chi connectivity index (χ3n) is 6.90. The average molecular weight is 673 g/mol. The van der Waals surface area contributed by atoms with Gasteiger partial charge in [0.1, 0.15) is 0 Å². The van der Waals surface area contributed by atoms with Crippen LogP contribution < -0.4 is 24.8 Å². The summed E-state index contributed by atoms with van der Waals surface area (Å²) in [5.74, 6) is 0.220. The van der Waals surface area contributed by atoms with Gasteiger partial charge in [0, 0.05) is 21.0 Å². The number of halogens is 4. The fraction of sp³-hybridized carbons (Fsp3) is 0.188. The maximum absolute atomic E-state index is 6.62. The van der Waals surface area contributed by atoms with E-state index in [2.05, 4.69) is 92.8 Å². The Morgan fingerprint density at radius 3 is 2.24 bits per heavy atom. The summed E-state index contributed by atoms with van der Waals surface area (Å²) >= 11 is 13.0. The molecule has 38 heavy (non-hydrogen) atoms. The first kappa shape index (κ1) is 33.1. The van der Waals surface area contributed by atoms with Crippen LogP contribution in [0.15, 0.2) is 78.4 Å². The largest absolute Gasteiger partial charge is 3.00 e. The van der Waals surface area contributed by atoms with Crippen molar-refractivity contribution in [2.24, 2.45) is 0 Å². The van der Waals surface area contributed by atoms with Gasteiger partial charge in [-0.05, 0) is 46.7 Å². The van der Waals surface area contributed by atoms with Gasteiger partial charge < -0.3 is 24.8 Å². The molecule has 191 valence electrons. The summed E-state index contributed by atoms with van der Waals surface area (Å²) in [6, 6.07) is 29.1. The Bertz CT molecular complexity index is 1450. The molecule has 0 heterocycles. The summed E-state index contributed by atoms with van der Waals surface area (Å²) in [4.78, 5) is 0. The van der Waals surface area contributed by atoms with Crippen LogP contribution in [0, 0.1) is 6.07 Å². The van der Waals surface area contributed by atoms with Crippen molar-refractivity contribution in [2.45, 2.75) is 38.8 Å². The minimum absolute atomic E-state index is 0. The van der Waals surface area contributed by atoms with E-state index in [4.69, 9.17) is 23.2 Å². The quantitative estimate of drug-likeness (QED) is 0.203. The van der Waals surface area contributed by atoms with Crippen LogP contribution in [0.5, 0.6) is 0 Å². The summed E-state index contributed by atoms with van der Waals surface area (Å²) < 4.78 is 0. The van der Waals surface area contributed by atoms with Crippen LogP contribution >= 0.6 is 23.2 Å². The smallest absolute Gasteiger partial charge is 1.00 e. The molecule has 1 unspecified atom stereocenters. The van der Waals surface area contributed by atoms with E-state index in [1.165, 1.54) is 44.5 Å². The maximum Gasteiger partial charge on any atom is 3.00 e. The van der Waals surface area contributed by atoms with Crippen molar-refractivity contribution in [1.82, 2.24) is 0 Å². The zero-order valence-corrected chi connectivity index (χ0v) is 28.0. The van der Waals surface area contributed by atoms with Crippen molar-refractivity contribution in [1.29, 1.82) is 0 Å². The van der Waals surface area contributed by atoms with Gasteiger partial charge in [-0.3, -0.25) is 0 Å². The SMILES string of the molecule is CCC1=Cc2c(-c3cccc(Cl)c3Cl)cccc2C1c1[c-]ccc2c1Cc1ccccc1-2.C[Si]C.[Cl-].[Cl-].[Zr+3]. The molecular formula is C32H27Cl4SiZr. The van der Waals surface area contributed by atoms with Gasteiger partial charge in [0.2, 0.25) is 0 Å². The van der Waals surface area contributed by atoms with Crippen LogP contribution in [0.1, 0.15) is 47.1 Å². The first-order valence-electron chi connectivity index (χ1n) is 12.1. The first-order valence-corrected chi connectivity index (χ1v) is 14.8. The molecule has 0 saturated heterocycles. The van der Waals surface area contributed by atoms with E-state index in [0.29, 0.717) is 10.0 Å². The molecule has 0 aromatic heterocycles. The Morgan fingerprint density at radius 1 is 0.842 bits per heavy atom. The molecule has 6 heteroatoms. The molecule has 1 atom stereocenters. The van der Waals surface area contributed by atoms with Gasteiger partial charge in [-0.15, -0.1) is 16.7 Å². The second-order valence-electron chi connectivity index (χ2n) is 9.03. The molecule has 2 aliphatic carbocycles. The number of rotatable bonds is 3. The van der Waals surface area contributed by atoms with Crippen LogP contribution in [0.25, 0.3) is 28.3 Å². The van der Waals surface area contributed by atoms with E-state index in [1.54, 1.807) is 0 Å². The average Bonchev–Trinajstić information content (AvgIpc) is 3.44. The Hall–Kier alpha value is -1.12. The Balaban J connectivity index is 0.000000809. The molecule has 0 bridgehead atoms. The monoisotopic (exact) mass is 669 g/mol. The van der Waals surface area contributed by atoms with Gasteiger partial charge in [0.05, 0.1) is 10.0 Å². The fourth-order valence-electron chi connectivity index (χ4n) is 5.43. The third kappa shape index (κ3) is 5.97. The number of allylic oxidation sites excluding steroid dienone is 1. The van der Waals surface area contributed by atoms with Gasteiger partial charge in [0.25, 0.3) is 0 Å². The molecule has 0 amide bonds. The van der Waals surface area contributed by atoms with Crippen molar-refractivity contribution < 1.29 is 51.0 Å². The van der Waals surface area contributed by atoms with Crippen LogP contribution in [0.3, 0.4) is 0 Å². The molecule has 0 N–H and O–H groups in total. The summed E-state index contributed by atoms with van der Waals surface area (Å²) in [6.45, 7) is 6.55. The standard InChI is InChI=1S/C30H21Cl2.C2H6Si.2ClH.Zr/c1-2-18-16-26-22(25-14-7-15-28(31)30(25)32)11-6-13-23(26)29(18)24-12-5-10-21-20-9-4-3-8-19(20)17-27(21)24;1-3-2;;;/h3-11,13-16,29H,2,17H2,1H3;1-2H3;2*1H;/q-1;;;;+3/p-2. The zero-order valence-electron chi connectivity index (χ0n) is 21.5. The summed E-state index contributed by atoms with van der Waals surface area (Å²) in [5, 5.41) is 1.20. The topological polar surface area (TPSA) is 0 Å². The summed E-state index contributed by atoms with van der Waals surface area (Å²) in [7, 11) is 1.08. The van der Waals surface area contributed by atoms with Crippen LogP contribution in [0.4, 0.5) is 0 Å². The number of hydrogen-bond donors (Lipinski definition) is 0. The van der Waals surface area contributed by atoms with E-state index in [-0.39, 0.29) is 56.9 Å². The van der Waals surface area contributed by atoms with E-state index in [0.717, 1.165) is 33.5 Å². The fourth-order valence-corrected chi connectivity index (χ4v) is 5.84. The molecule has 3 radical (unpaired) electrons. The number of fused-ring (bicyclic) bond motifs is 4. The Labute approximate surface area is 271 Å². The van der Waals surface area contributed by atoms with Crippen molar-refractivity contribution in [3.63, 3.8) is 0 Å². The minimum Gasteiger partial charge on any atom is -1.00 e. The van der Waals surface area contributed by atoms with Gasteiger partial charge in [-0.1, -0.05) is 109 Å². The molecule has 0 saturated carbocycles. The summed E-state index contributed by atoms with van der Waals surface area (Å²) in [6.07, 6.45) is 4.33. The van der Waals surface area contributed by atoms with Gasteiger partial charge in [-0.2, -0.15) is 18.2 Å². The van der Waals surface area contributed by atoms with Crippen molar-refractivity contribution in [3.05, 3.63) is 122 Å². The van der Waals surface area contributed by atoms with Crippen molar-refractivity contribution >= 4 is 38.8 Å². The van der Waals surface area contributed by atoms with Gasteiger partial charge in [0.15, 0.2) is 0 Å². The summed E-state index contributed by atoms with van der Waals surface area (Å²) in [5.41, 5.74) is 13.0. The number of hydrogen-bond acceptors (Lipinski definition) is 0. The normalized spacial score (nSPS) is 13.8. The minimum atomic E-state index is 0. The van der Waals surface area contributed by atoms with E-state index in [9.17, 15) is 0 Å². The second kappa shape index (κ2) is 14.5. The molecule has 4 aromatic rings. The van der Waals surface area contributed by atoms with Crippen LogP contribution in [-0.4, -0.2) is 9.52 Å². The van der Waals surface area contributed by atoms with E-state index in [1.807, 2.05) is 12.1 Å². The molecule has 0 spiro atoms. The molecule has 0 fully saturated rings.